The van der Waals surface area contributed by atoms with Gasteiger partial charge in [-0.25, -0.2) is 0 Å². The molecule has 0 fully saturated rings. The molecule has 1 aromatic heterocycles. The van der Waals surface area contributed by atoms with Crippen LogP contribution in [0, 0.1) is 13.8 Å². The number of amides is 2. The normalized spacial score (nSPS) is 16.2. The highest BCUT2D eigenvalue weighted by Crippen LogP contribution is 2.32. The van der Waals surface area contributed by atoms with Gasteiger partial charge in [0.2, 0.25) is 0 Å². The van der Waals surface area contributed by atoms with E-state index in [1.807, 2.05) is 19.9 Å². The minimum atomic E-state index is -0.519. The van der Waals surface area contributed by atoms with Crippen molar-refractivity contribution in [1.29, 1.82) is 0 Å². The Morgan fingerprint density at radius 2 is 2.00 bits per heavy atom. The van der Waals surface area contributed by atoms with Gasteiger partial charge in [-0.15, -0.1) is 0 Å². The molecule has 2 aromatic rings. The highest BCUT2D eigenvalue weighted by Gasteiger charge is 2.24. The van der Waals surface area contributed by atoms with Crippen molar-refractivity contribution in [3.05, 3.63) is 41.2 Å². The highest BCUT2D eigenvalue weighted by atomic mass is 16.5. The Morgan fingerprint density at radius 3 is 2.64 bits per heavy atom. The standard InChI is InChI=1S/C19H23N3O3/c1-10(2)22-11(3)8-15(12(22)4)19(24)20-14-6-7-17-16(9-14)21-18(23)13(5)25-17/h6-10,13H,1-5H3,(H,20,24)(H,21,23)/t13-/m0/s1. The Kier molecular flexibility index (Phi) is 4.29. The minimum absolute atomic E-state index is 0.170. The molecule has 0 unspecified atom stereocenters. The van der Waals surface area contributed by atoms with Gasteiger partial charge < -0.3 is 19.9 Å². The molecule has 0 saturated heterocycles. The molecule has 6 heteroatoms. The predicted octanol–water partition coefficient (Wildman–Crippen LogP) is 3.66. The second-order valence-electron chi connectivity index (χ2n) is 6.66. The van der Waals surface area contributed by atoms with Crippen molar-refractivity contribution in [3.8, 4) is 5.75 Å². The zero-order valence-corrected chi connectivity index (χ0v) is 15.1. The molecule has 132 valence electrons. The smallest absolute Gasteiger partial charge is 0.265 e. The van der Waals surface area contributed by atoms with E-state index < -0.39 is 6.10 Å². The number of aromatic nitrogens is 1. The lowest BCUT2D eigenvalue weighted by molar-refractivity contribution is -0.122. The molecule has 0 bridgehead atoms. The minimum Gasteiger partial charge on any atom is -0.479 e. The van der Waals surface area contributed by atoms with Gasteiger partial charge in [0.15, 0.2) is 6.10 Å². The van der Waals surface area contributed by atoms with Gasteiger partial charge in [0.25, 0.3) is 11.8 Å². The first kappa shape index (κ1) is 17.1. The van der Waals surface area contributed by atoms with Crippen LogP contribution in [0.2, 0.25) is 0 Å². The fourth-order valence-electron chi connectivity index (χ4n) is 3.29. The summed E-state index contributed by atoms with van der Waals surface area (Å²) in [4.78, 5) is 24.4. The van der Waals surface area contributed by atoms with Crippen molar-refractivity contribution < 1.29 is 14.3 Å². The third-order valence-electron chi connectivity index (χ3n) is 4.41. The molecule has 2 heterocycles. The summed E-state index contributed by atoms with van der Waals surface area (Å²) in [5, 5.41) is 5.68. The second-order valence-corrected chi connectivity index (χ2v) is 6.66. The maximum absolute atomic E-state index is 12.7. The number of rotatable bonds is 3. The molecule has 0 aliphatic carbocycles. The molecule has 0 spiro atoms. The first-order valence-corrected chi connectivity index (χ1v) is 8.39. The molecule has 1 aliphatic rings. The van der Waals surface area contributed by atoms with E-state index >= 15 is 0 Å². The van der Waals surface area contributed by atoms with Crippen molar-refractivity contribution in [1.82, 2.24) is 4.57 Å². The summed E-state index contributed by atoms with van der Waals surface area (Å²) in [7, 11) is 0. The largest absolute Gasteiger partial charge is 0.479 e. The van der Waals surface area contributed by atoms with E-state index in [0.717, 1.165) is 11.4 Å². The first-order chi connectivity index (χ1) is 11.8. The van der Waals surface area contributed by atoms with Crippen molar-refractivity contribution >= 4 is 23.2 Å². The quantitative estimate of drug-likeness (QED) is 0.895. The van der Waals surface area contributed by atoms with Gasteiger partial charge in [-0.1, -0.05) is 0 Å². The SMILES string of the molecule is Cc1cc(C(=O)Nc2ccc3c(c2)NC(=O)[C@H](C)O3)c(C)n1C(C)C. The molecule has 25 heavy (non-hydrogen) atoms. The molecular formula is C19H23N3O3. The molecule has 1 aromatic carbocycles. The monoisotopic (exact) mass is 341 g/mol. The predicted molar refractivity (Wildman–Crippen MR) is 97.4 cm³/mol. The fraction of sp³-hybridized carbons (Fsp3) is 0.368. The number of anilines is 2. The van der Waals surface area contributed by atoms with E-state index in [9.17, 15) is 9.59 Å². The van der Waals surface area contributed by atoms with Gasteiger partial charge in [0.1, 0.15) is 5.75 Å². The van der Waals surface area contributed by atoms with Gasteiger partial charge in [-0.3, -0.25) is 9.59 Å². The fourth-order valence-corrected chi connectivity index (χ4v) is 3.29. The molecule has 2 amide bonds. The van der Waals surface area contributed by atoms with Crippen LogP contribution in [-0.4, -0.2) is 22.5 Å². The molecule has 6 nitrogen and oxygen atoms in total. The molecule has 1 atom stereocenters. The van der Waals surface area contributed by atoms with Crippen LogP contribution in [-0.2, 0) is 4.79 Å². The Hall–Kier alpha value is -2.76. The summed E-state index contributed by atoms with van der Waals surface area (Å²) in [6.45, 7) is 9.82. The van der Waals surface area contributed by atoms with E-state index in [4.69, 9.17) is 4.74 Å². The molecule has 0 saturated carbocycles. The topological polar surface area (TPSA) is 72.4 Å². The summed E-state index contributed by atoms with van der Waals surface area (Å²) in [6, 6.07) is 7.41. The molecule has 1 aliphatic heterocycles. The van der Waals surface area contributed by atoms with Crippen LogP contribution in [0.15, 0.2) is 24.3 Å². The van der Waals surface area contributed by atoms with E-state index in [1.165, 1.54) is 0 Å². The maximum Gasteiger partial charge on any atom is 0.265 e. The van der Waals surface area contributed by atoms with Gasteiger partial charge in [0, 0.05) is 23.1 Å². The molecule has 3 rings (SSSR count). The number of carbonyl (C=O) groups excluding carboxylic acids is 2. The molecule has 2 N–H and O–H groups in total. The number of aryl methyl sites for hydroxylation is 1. The summed E-state index contributed by atoms with van der Waals surface area (Å²) >= 11 is 0. The van der Waals surface area contributed by atoms with Crippen molar-refractivity contribution in [2.45, 2.75) is 46.8 Å². The molecular weight excluding hydrogens is 318 g/mol. The Bertz CT molecular complexity index is 852. The van der Waals surface area contributed by atoms with Gasteiger partial charge in [-0.05, 0) is 58.9 Å². The number of benzene rings is 1. The van der Waals surface area contributed by atoms with Crippen molar-refractivity contribution in [2.75, 3.05) is 10.6 Å². The van der Waals surface area contributed by atoms with Crippen LogP contribution in [0.5, 0.6) is 5.75 Å². The second kappa shape index (κ2) is 6.27. The van der Waals surface area contributed by atoms with Crippen molar-refractivity contribution in [2.24, 2.45) is 0 Å². The Morgan fingerprint density at radius 1 is 1.28 bits per heavy atom. The summed E-state index contributed by atoms with van der Waals surface area (Å²) in [5.41, 5.74) is 3.81. The van der Waals surface area contributed by atoms with Crippen LogP contribution in [0.1, 0.15) is 48.6 Å². The number of nitrogens with zero attached hydrogens (tertiary/aromatic N) is 1. The van der Waals surface area contributed by atoms with Gasteiger partial charge >= 0.3 is 0 Å². The average Bonchev–Trinajstić information content (AvgIpc) is 2.83. The van der Waals surface area contributed by atoms with Crippen molar-refractivity contribution in [3.63, 3.8) is 0 Å². The van der Waals surface area contributed by atoms with E-state index in [-0.39, 0.29) is 11.8 Å². The lowest BCUT2D eigenvalue weighted by Crippen LogP contribution is -2.34. The number of ether oxygens (including phenoxy) is 1. The zero-order valence-electron chi connectivity index (χ0n) is 15.1. The number of hydrogen-bond donors (Lipinski definition) is 2. The third-order valence-corrected chi connectivity index (χ3v) is 4.41. The Balaban J connectivity index is 1.84. The summed E-state index contributed by atoms with van der Waals surface area (Å²) in [6.07, 6.45) is -0.519. The number of hydrogen-bond acceptors (Lipinski definition) is 3. The lowest BCUT2D eigenvalue weighted by Gasteiger charge is -2.23. The maximum atomic E-state index is 12.7. The highest BCUT2D eigenvalue weighted by molar-refractivity contribution is 6.06. The Labute approximate surface area is 147 Å². The van der Waals surface area contributed by atoms with Crippen LogP contribution in [0.25, 0.3) is 0 Å². The average molecular weight is 341 g/mol. The van der Waals surface area contributed by atoms with Crippen LogP contribution >= 0.6 is 0 Å². The molecule has 0 radical (unpaired) electrons. The van der Waals surface area contributed by atoms with Gasteiger partial charge in [0.05, 0.1) is 11.3 Å². The van der Waals surface area contributed by atoms with Crippen LogP contribution < -0.4 is 15.4 Å². The van der Waals surface area contributed by atoms with E-state index in [2.05, 4.69) is 29.0 Å². The van der Waals surface area contributed by atoms with Gasteiger partial charge in [-0.2, -0.15) is 0 Å². The van der Waals surface area contributed by atoms with Crippen LogP contribution in [0.4, 0.5) is 11.4 Å². The zero-order chi connectivity index (χ0) is 18.3. The number of carbonyl (C=O) groups is 2. The van der Waals surface area contributed by atoms with E-state index in [1.54, 1.807) is 25.1 Å². The lowest BCUT2D eigenvalue weighted by atomic mass is 10.2. The first-order valence-electron chi connectivity index (χ1n) is 8.39. The summed E-state index contributed by atoms with van der Waals surface area (Å²) < 4.78 is 7.66. The van der Waals surface area contributed by atoms with E-state index in [0.29, 0.717) is 28.7 Å². The van der Waals surface area contributed by atoms with Crippen LogP contribution in [0.3, 0.4) is 0 Å². The third kappa shape index (κ3) is 3.12. The number of nitrogens with one attached hydrogen (secondary N) is 2. The number of fused-ring (bicyclic) bond motifs is 1. The summed E-state index contributed by atoms with van der Waals surface area (Å²) in [5.74, 6) is 0.232.